The van der Waals surface area contributed by atoms with E-state index >= 15 is 0 Å². The third-order valence-electron chi connectivity index (χ3n) is 6.15. The molecule has 1 aromatic carbocycles. The number of benzene rings is 1. The fourth-order valence-electron chi connectivity index (χ4n) is 4.25. The predicted octanol–water partition coefficient (Wildman–Crippen LogP) is 3.75. The molecule has 1 saturated heterocycles. The molecule has 0 radical (unpaired) electrons. The smallest absolute Gasteiger partial charge is 0.266 e. The van der Waals surface area contributed by atoms with E-state index in [1.165, 1.54) is 10.8 Å². The summed E-state index contributed by atoms with van der Waals surface area (Å²) in [4.78, 5) is 17.7. The van der Waals surface area contributed by atoms with Crippen molar-refractivity contribution >= 4 is 39.9 Å². The van der Waals surface area contributed by atoms with Gasteiger partial charge in [0.15, 0.2) is 0 Å². The standard InChI is InChI=1S/C24H23Cl2N5O3/c25-18-4-2-1-3-15(18)12-31-21-5-7-30(24(33)17(21)10-28-31)22-9-23(27-11-19(22)26)29-20(13-32)16-6-8-34-14-16/h1-5,7,9-11,16,20,32H,6,8,12-14H2,(H,27,29). The van der Waals surface area contributed by atoms with Gasteiger partial charge in [-0.05, 0) is 24.1 Å². The van der Waals surface area contributed by atoms with Crippen LogP contribution in [0.1, 0.15) is 12.0 Å². The molecule has 34 heavy (non-hydrogen) atoms. The van der Waals surface area contributed by atoms with Gasteiger partial charge in [0.25, 0.3) is 5.56 Å². The fourth-order valence-corrected chi connectivity index (χ4v) is 4.64. The molecular weight excluding hydrogens is 477 g/mol. The Kier molecular flexibility index (Phi) is 6.56. The molecule has 3 aromatic heterocycles. The highest BCUT2D eigenvalue weighted by Gasteiger charge is 2.25. The Balaban J connectivity index is 1.47. The number of rotatable bonds is 7. The molecule has 5 rings (SSSR count). The monoisotopic (exact) mass is 499 g/mol. The Labute approximate surface area is 205 Å². The summed E-state index contributed by atoms with van der Waals surface area (Å²) in [5, 5.41) is 18.9. The van der Waals surface area contributed by atoms with Gasteiger partial charge in [-0.25, -0.2) is 4.98 Å². The van der Waals surface area contributed by atoms with Crippen LogP contribution in [0.2, 0.25) is 10.0 Å². The maximum absolute atomic E-state index is 13.3. The highest BCUT2D eigenvalue weighted by atomic mass is 35.5. The first-order chi connectivity index (χ1) is 16.5. The zero-order valence-electron chi connectivity index (χ0n) is 18.2. The van der Waals surface area contributed by atoms with Crippen LogP contribution in [0.3, 0.4) is 0 Å². The van der Waals surface area contributed by atoms with Crippen LogP contribution in [0.4, 0.5) is 5.82 Å². The molecule has 4 heterocycles. The van der Waals surface area contributed by atoms with Crippen molar-refractivity contribution < 1.29 is 9.84 Å². The number of aliphatic hydroxyl groups excluding tert-OH is 1. The molecule has 2 N–H and O–H groups in total. The molecule has 1 aliphatic heterocycles. The van der Waals surface area contributed by atoms with E-state index in [-0.39, 0.29) is 24.1 Å². The van der Waals surface area contributed by atoms with Gasteiger partial charge in [-0.2, -0.15) is 5.10 Å². The number of aliphatic hydroxyl groups is 1. The number of pyridine rings is 2. The Morgan fingerprint density at radius 1 is 1.21 bits per heavy atom. The van der Waals surface area contributed by atoms with Crippen LogP contribution >= 0.6 is 23.2 Å². The largest absolute Gasteiger partial charge is 0.394 e. The molecular formula is C24H23Cl2N5O3. The van der Waals surface area contributed by atoms with Gasteiger partial charge in [-0.1, -0.05) is 41.4 Å². The van der Waals surface area contributed by atoms with E-state index in [1.807, 2.05) is 30.3 Å². The lowest BCUT2D eigenvalue weighted by Crippen LogP contribution is -2.33. The second-order valence-electron chi connectivity index (χ2n) is 8.26. The number of hydrogen-bond acceptors (Lipinski definition) is 6. The SMILES string of the molecule is O=c1c2cnn(Cc3ccccc3Cl)c2ccn1-c1cc(NC(CO)C2CCOC2)ncc1Cl. The van der Waals surface area contributed by atoms with E-state index in [1.54, 1.807) is 23.1 Å². The molecule has 0 bridgehead atoms. The number of hydrogen-bond donors (Lipinski definition) is 2. The van der Waals surface area contributed by atoms with Crippen LogP contribution in [-0.2, 0) is 11.3 Å². The van der Waals surface area contributed by atoms with Crippen molar-refractivity contribution in [3.8, 4) is 5.69 Å². The van der Waals surface area contributed by atoms with Crippen LogP contribution in [0.5, 0.6) is 0 Å². The van der Waals surface area contributed by atoms with Crippen LogP contribution in [0.25, 0.3) is 16.6 Å². The Morgan fingerprint density at radius 3 is 2.82 bits per heavy atom. The second-order valence-corrected chi connectivity index (χ2v) is 9.08. The number of anilines is 1. The maximum atomic E-state index is 13.3. The average molecular weight is 500 g/mol. The minimum Gasteiger partial charge on any atom is -0.394 e. The second kappa shape index (κ2) is 9.76. The van der Waals surface area contributed by atoms with Gasteiger partial charge in [0, 0.05) is 29.8 Å². The first kappa shape index (κ1) is 22.9. The van der Waals surface area contributed by atoms with Crippen molar-refractivity contribution in [2.24, 2.45) is 5.92 Å². The summed E-state index contributed by atoms with van der Waals surface area (Å²) in [6.07, 6.45) is 5.60. The predicted molar refractivity (Wildman–Crippen MR) is 132 cm³/mol. The van der Waals surface area contributed by atoms with Crippen molar-refractivity contribution in [1.29, 1.82) is 0 Å². The highest BCUT2D eigenvalue weighted by Crippen LogP contribution is 2.25. The number of ether oxygens (including phenoxy) is 1. The molecule has 2 unspecified atom stereocenters. The van der Waals surface area contributed by atoms with E-state index in [9.17, 15) is 9.90 Å². The van der Waals surface area contributed by atoms with Crippen LogP contribution < -0.4 is 10.9 Å². The van der Waals surface area contributed by atoms with Crippen molar-refractivity contribution in [2.45, 2.75) is 19.0 Å². The molecule has 0 saturated carbocycles. The molecule has 2 atom stereocenters. The van der Waals surface area contributed by atoms with Gasteiger partial charge in [-0.15, -0.1) is 0 Å². The topological polar surface area (TPSA) is 94.2 Å². The molecule has 10 heteroatoms. The van der Waals surface area contributed by atoms with E-state index in [0.717, 1.165) is 12.0 Å². The third-order valence-corrected chi connectivity index (χ3v) is 6.81. The molecule has 1 fully saturated rings. The summed E-state index contributed by atoms with van der Waals surface area (Å²) in [5.41, 5.74) is 1.86. The van der Waals surface area contributed by atoms with Crippen molar-refractivity contribution in [1.82, 2.24) is 19.3 Å². The summed E-state index contributed by atoms with van der Waals surface area (Å²) in [7, 11) is 0. The Morgan fingerprint density at radius 2 is 2.06 bits per heavy atom. The van der Waals surface area contributed by atoms with Gasteiger partial charge in [0.2, 0.25) is 0 Å². The summed E-state index contributed by atoms with van der Waals surface area (Å²) >= 11 is 12.7. The zero-order valence-corrected chi connectivity index (χ0v) is 19.7. The molecule has 176 valence electrons. The normalized spacial score (nSPS) is 16.7. The lowest BCUT2D eigenvalue weighted by Gasteiger charge is -2.22. The molecule has 4 aromatic rings. The molecule has 1 aliphatic rings. The summed E-state index contributed by atoms with van der Waals surface area (Å²) in [6.45, 7) is 1.67. The highest BCUT2D eigenvalue weighted by molar-refractivity contribution is 6.32. The van der Waals surface area contributed by atoms with Crippen LogP contribution in [-0.4, -0.2) is 50.3 Å². The van der Waals surface area contributed by atoms with Crippen molar-refractivity contribution in [2.75, 3.05) is 25.1 Å². The van der Waals surface area contributed by atoms with Gasteiger partial charge < -0.3 is 15.2 Å². The number of halogens is 2. The summed E-state index contributed by atoms with van der Waals surface area (Å²) < 4.78 is 8.67. The minimum atomic E-state index is -0.246. The number of aromatic nitrogens is 4. The number of fused-ring (bicyclic) bond motifs is 1. The minimum absolute atomic E-state index is 0.0514. The maximum Gasteiger partial charge on any atom is 0.266 e. The van der Waals surface area contributed by atoms with E-state index in [0.29, 0.717) is 52.2 Å². The van der Waals surface area contributed by atoms with E-state index < -0.39 is 0 Å². The van der Waals surface area contributed by atoms with Gasteiger partial charge >= 0.3 is 0 Å². The number of nitrogens with zero attached hydrogens (tertiary/aromatic N) is 4. The number of nitrogens with one attached hydrogen (secondary N) is 1. The van der Waals surface area contributed by atoms with E-state index in [2.05, 4.69) is 15.4 Å². The fraction of sp³-hybridized carbons (Fsp3) is 0.292. The lowest BCUT2D eigenvalue weighted by molar-refractivity contribution is 0.169. The van der Waals surface area contributed by atoms with Gasteiger partial charge in [0.1, 0.15) is 5.82 Å². The molecule has 0 spiro atoms. The van der Waals surface area contributed by atoms with Gasteiger partial charge in [0.05, 0.1) is 59.8 Å². The van der Waals surface area contributed by atoms with Crippen LogP contribution in [0.15, 0.2) is 59.8 Å². The Bertz CT molecular complexity index is 1380. The molecule has 0 amide bonds. The third kappa shape index (κ3) is 4.42. The van der Waals surface area contributed by atoms with Crippen molar-refractivity contribution in [3.05, 3.63) is 81.0 Å². The Hall–Kier alpha value is -2.91. The van der Waals surface area contributed by atoms with E-state index in [4.69, 9.17) is 27.9 Å². The lowest BCUT2D eigenvalue weighted by atomic mass is 10.00. The first-order valence-corrected chi connectivity index (χ1v) is 11.7. The van der Waals surface area contributed by atoms with Crippen LogP contribution in [0, 0.1) is 5.92 Å². The molecule has 0 aliphatic carbocycles. The van der Waals surface area contributed by atoms with Crippen molar-refractivity contribution in [3.63, 3.8) is 0 Å². The first-order valence-electron chi connectivity index (χ1n) is 11.0. The van der Waals surface area contributed by atoms with Gasteiger partial charge in [-0.3, -0.25) is 14.0 Å². The summed E-state index contributed by atoms with van der Waals surface area (Å²) in [6, 6.07) is 10.9. The molecule has 8 nitrogen and oxygen atoms in total. The average Bonchev–Trinajstić information content (AvgIpc) is 3.52. The quantitative estimate of drug-likeness (QED) is 0.402. The zero-order chi connectivity index (χ0) is 23.7. The summed E-state index contributed by atoms with van der Waals surface area (Å²) in [5.74, 6) is 0.709.